The highest BCUT2D eigenvalue weighted by Crippen LogP contribution is 2.41. The van der Waals surface area contributed by atoms with Crippen LogP contribution < -0.4 is 22.0 Å². The summed E-state index contributed by atoms with van der Waals surface area (Å²) in [6, 6.07) is 2.03. The van der Waals surface area contributed by atoms with Gasteiger partial charge in [-0.3, -0.25) is 25.7 Å². The van der Waals surface area contributed by atoms with E-state index in [-0.39, 0.29) is 35.1 Å². The van der Waals surface area contributed by atoms with Gasteiger partial charge in [0.2, 0.25) is 5.43 Å². The normalized spacial score (nSPS) is 19.5. The van der Waals surface area contributed by atoms with Crippen LogP contribution in [0, 0.1) is 11.6 Å². The van der Waals surface area contributed by atoms with Crippen molar-refractivity contribution in [3.05, 3.63) is 62.6 Å². The fourth-order valence-electron chi connectivity index (χ4n) is 4.32. The molecule has 9 nitrogen and oxygen atoms in total. The molecule has 31 heavy (non-hydrogen) atoms. The molecule has 2 aromatic rings. The number of nitrogens with two attached hydrogens (primary N) is 1. The zero-order valence-electron chi connectivity index (χ0n) is 16.6. The van der Waals surface area contributed by atoms with Crippen LogP contribution in [0.2, 0.25) is 0 Å². The number of carbonyl (C=O) groups excluding carboxylic acids is 2. The molecule has 11 heteroatoms. The first kappa shape index (κ1) is 20.9. The number of aromatic nitrogens is 1. The number of halogens is 2. The maximum Gasteiger partial charge on any atom is 0.274 e. The van der Waals surface area contributed by atoms with E-state index in [1.165, 1.54) is 15.5 Å². The molecule has 2 aliphatic heterocycles. The Hall–Kier alpha value is -3.31. The van der Waals surface area contributed by atoms with Gasteiger partial charge >= 0.3 is 0 Å². The lowest BCUT2D eigenvalue weighted by atomic mass is 10.0. The molecule has 0 fully saturated rings. The Morgan fingerprint density at radius 1 is 1.32 bits per heavy atom. The number of aromatic hydroxyl groups is 1. The fraction of sp³-hybridized carbons (Fsp3) is 0.350. The van der Waals surface area contributed by atoms with Crippen molar-refractivity contribution in [2.45, 2.75) is 32.0 Å². The average molecular weight is 433 g/mol. The van der Waals surface area contributed by atoms with Gasteiger partial charge < -0.3 is 19.9 Å². The molecule has 2 atom stereocenters. The number of hydrogen-bond donors (Lipinski definition) is 4. The summed E-state index contributed by atoms with van der Waals surface area (Å²) < 4.78 is 28.5. The summed E-state index contributed by atoms with van der Waals surface area (Å²) in [4.78, 5) is 40.1. The van der Waals surface area contributed by atoms with Crippen molar-refractivity contribution >= 4 is 11.8 Å². The summed E-state index contributed by atoms with van der Waals surface area (Å²) in [5.41, 5.74) is 1.24. The van der Waals surface area contributed by atoms with Gasteiger partial charge in [0.1, 0.15) is 17.2 Å². The Balaban J connectivity index is 1.77. The summed E-state index contributed by atoms with van der Waals surface area (Å²) >= 11 is 0. The van der Waals surface area contributed by atoms with E-state index in [1.807, 2.05) is 0 Å². The van der Waals surface area contributed by atoms with Crippen molar-refractivity contribution in [2.75, 3.05) is 13.1 Å². The number of rotatable bonds is 5. The highest BCUT2D eigenvalue weighted by Gasteiger charge is 2.44. The number of hydrogen-bond acceptors (Lipinski definition) is 6. The van der Waals surface area contributed by atoms with Gasteiger partial charge in [0.05, 0.1) is 17.8 Å². The molecule has 0 spiro atoms. The van der Waals surface area contributed by atoms with Gasteiger partial charge in [-0.15, -0.1) is 0 Å². The molecule has 5 N–H and O–H groups in total. The molecular formula is C20H21F2N5O4. The van der Waals surface area contributed by atoms with E-state index in [1.54, 1.807) is 6.92 Å². The highest BCUT2D eigenvalue weighted by molar-refractivity contribution is 6.00. The molecule has 0 radical (unpaired) electrons. The average Bonchev–Trinajstić information content (AvgIpc) is 3.10. The van der Waals surface area contributed by atoms with E-state index >= 15 is 0 Å². The van der Waals surface area contributed by atoms with Crippen LogP contribution in [0.3, 0.4) is 0 Å². The minimum atomic E-state index is -1.01. The summed E-state index contributed by atoms with van der Waals surface area (Å²) in [6.45, 7) is 2.22. The maximum atomic E-state index is 13.9. The summed E-state index contributed by atoms with van der Waals surface area (Å²) in [5, 5.41) is 13.0. The number of likely N-dealkylation sites (N-methyl/N-ethyl adjacent to an activating group) is 1. The predicted octanol–water partition coefficient (Wildman–Crippen LogP) is 0.687. The molecule has 4 rings (SSSR count). The number of nitrogens with one attached hydrogen (secondary N) is 2. The molecule has 0 unspecified atom stereocenters. The number of amides is 2. The monoisotopic (exact) mass is 433 g/mol. The second kappa shape index (κ2) is 7.75. The van der Waals surface area contributed by atoms with Crippen LogP contribution in [0.25, 0.3) is 0 Å². The van der Waals surface area contributed by atoms with Crippen molar-refractivity contribution in [3.8, 4) is 5.75 Å². The number of nitrogens with zero attached hydrogens (tertiary/aromatic N) is 2. The van der Waals surface area contributed by atoms with Gasteiger partial charge in [-0.25, -0.2) is 8.78 Å². The number of pyridine rings is 1. The number of benzene rings is 1. The van der Waals surface area contributed by atoms with Crippen molar-refractivity contribution < 1.29 is 23.5 Å². The molecule has 164 valence electrons. The van der Waals surface area contributed by atoms with Gasteiger partial charge in [-0.05, 0) is 19.4 Å². The first-order chi connectivity index (χ1) is 14.8. The van der Waals surface area contributed by atoms with Crippen molar-refractivity contribution in [2.24, 2.45) is 5.84 Å². The molecule has 1 aromatic heterocycles. The second-order valence-corrected chi connectivity index (χ2v) is 7.53. The lowest BCUT2D eigenvalue weighted by Gasteiger charge is -2.33. The Morgan fingerprint density at radius 3 is 2.71 bits per heavy atom. The van der Waals surface area contributed by atoms with Crippen LogP contribution in [0.1, 0.15) is 57.5 Å². The number of carbonyl (C=O) groups is 2. The Labute approximate surface area is 175 Å². The molecule has 2 aliphatic rings. The van der Waals surface area contributed by atoms with E-state index in [2.05, 4.69) is 10.7 Å². The third-order valence-corrected chi connectivity index (χ3v) is 5.81. The van der Waals surface area contributed by atoms with Gasteiger partial charge in [0.15, 0.2) is 11.4 Å². The van der Waals surface area contributed by atoms with E-state index in [4.69, 9.17) is 5.84 Å². The molecule has 0 bridgehead atoms. The van der Waals surface area contributed by atoms with Gasteiger partial charge in [0.25, 0.3) is 11.8 Å². The van der Waals surface area contributed by atoms with Crippen molar-refractivity contribution in [3.63, 3.8) is 0 Å². The zero-order chi connectivity index (χ0) is 22.4. The second-order valence-electron chi connectivity index (χ2n) is 7.53. The van der Waals surface area contributed by atoms with Crippen molar-refractivity contribution in [1.29, 1.82) is 0 Å². The van der Waals surface area contributed by atoms with Crippen LogP contribution in [-0.2, 0) is 6.54 Å². The highest BCUT2D eigenvalue weighted by atomic mass is 19.1. The molecule has 2 amide bonds. The predicted molar refractivity (Wildman–Crippen MR) is 105 cm³/mol. The summed E-state index contributed by atoms with van der Waals surface area (Å²) in [5.74, 6) is 1.87. The lowest BCUT2D eigenvalue weighted by molar-refractivity contribution is 0.0675. The third-order valence-electron chi connectivity index (χ3n) is 5.81. The van der Waals surface area contributed by atoms with E-state index in [9.17, 15) is 28.3 Å². The molecule has 0 saturated carbocycles. The summed E-state index contributed by atoms with van der Waals surface area (Å²) in [7, 11) is 0. The Bertz CT molecular complexity index is 1150. The van der Waals surface area contributed by atoms with Crippen LogP contribution in [0.5, 0.6) is 5.75 Å². The SMILES string of the molecule is CCN1C[C@H]2C[C@@H](NN)c3c(C(=O)NCc4ccc(F)cc4F)c(=O)c(O)c(n32)C1=O. The summed E-state index contributed by atoms with van der Waals surface area (Å²) in [6.07, 6.45) is 0.406. The smallest absolute Gasteiger partial charge is 0.274 e. The number of hydrazine groups is 1. The topological polar surface area (TPSA) is 130 Å². The van der Waals surface area contributed by atoms with Crippen LogP contribution in [-0.4, -0.2) is 39.5 Å². The standard InChI is InChI=1S/C20H21F2N5O4/c1-2-26-8-11-6-13(25-23)15-14(17(28)18(29)16(20(26)31)27(11)15)19(30)24-7-9-3-4-10(21)5-12(9)22/h3-5,11,13,25,29H,2,6-8,23H2,1H3,(H,24,30)/t11-,13-/m1/s1. The maximum absolute atomic E-state index is 13.9. The minimum Gasteiger partial charge on any atom is -0.503 e. The van der Waals surface area contributed by atoms with Gasteiger partial charge in [0, 0.05) is 31.3 Å². The molecule has 0 saturated heterocycles. The Kier molecular flexibility index (Phi) is 5.23. The Morgan fingerprint density at radius 2 is 2.06 bits per heavy atom. The minimum absolute atomic E-state index is 0.0218. The molecule has 1 aromatic carbocycles. The lowest BCUT2D eigenvalue weighted by Crippen LogP contribution is -2.44. The van der Waals surface area contributed by atoms with Gasteiger partial charge in [-0.1, -0.05) is 6.07 Å². The molecular weight excluding hydrogens is 412 g/mol. The third kappa shape index (κ3) is 3.26. The van der Waals surface area contributed by atoms with Gasteiger partial charge in [-0.2, -0.15) is 0 Å². The quantitative estimate of drug-likeness (QED) is 0.406. The first-order valence-electron chi connectivity index (χ1n) is 9.77. The van der Waals surface area contributed by atoms with E-state index in [0.29, 0.717) is 25.6 Å². The fourth-order valence-corrected chi connectivity index (χ4v) is 4.32. The van der Waals surface area contributed by atoms with E-state index in [0.717, 1.165) is 6.07 Å². The van der Waals surface area contributed by atoms with Crippen LogP contribution in [0.15, 0.2) is 23.0 Å². The van der Waals surface area contributed by atoms with Crippen LogP contribution in [0.4, 0.5) is 8.78 Å². The first-order valence-corrected chi connectivity index (χ1v) is 9.77. The molecule has 3 heterocycles. The van der Waals surface area contributed by atoms with Crippen LogP contribution >= 0.6 is 0 Å². The largest absolute Gasteiger partial charge is 0.503 e. The zero-order valence-corrected chi connectivity index (χ0v) is 16.6. The molecule has 0 aliphatic carbocycles. The van der Waals surface area contributed by atoms with Crippen molar-refractivity contribution in [1.82, 2.24) is 20.2 Å². The van der Waals surface area contributed by atoms with E-state index < -0.39 is 40.7 Å².